The zero-order valence-corrected chi connectivity index (χ0v) is 27.3. The van der Waals surface area contributed by atoms with E-state index < -0.39 is 5.60 Å². The molecule has 224 valence electrons. The molecule has 2 aromatic rings. The Kier molecular flexibility index (Phi) is 11.5. The van der Waals surface area contributed by atoms with Gasteiger partial charge in [-0.25, -0.2) is 4.79 Å². The number of ether oxygens (including phenoxy) is 3. The minimum Gasteiger partial charge on any atom is -0.492 e. The van der Waals surface area contributed by atoms with Gasteiger partial charge in [0, 0.05) is 27.7 Å². The molecule has 0 atom stereocenters. The van der Waals surface area contributed by atoms with Gasteiger partial charge in [-0.15, -0.1) is 0 Å². The molecule has 0 N–H and O–H groups in total. The van der Waals surface area contributed by atoms with E-state index in [0.29, 0.717) is 29.0 Å². The molecule has 0 unspecified atom stereocenters. The second-order valence-corrected chi connectivity index (χ2v) is 13.8. The van der Waals surface area contributed by atoms with Crippen LogP contribution in [0.15, 0.2) is 24.3 Å². The lowest BCUT2D eigenvalue weighted by molar-refractivity contribution is 0.00671. The van der Waals surface area contributed by atoms with Gasteiger partial charge in [0.2, 0.25) is 0 Å². The molecular formula is C35H48O5S. The molecule has 1 fully saturated rings. The molecule has 0 spiro atoms. The quantitative estimate of drug-likeness (QED) is 0.114. The Morgan fingerprint density at radius 2 is 1.59 bits per heavy atom. The van der Waals surface area contributed by atoms with E-state index in [1.807, 2.05) is 92.3 Å². The van der Waals surface area contributed by atoms with Crippen molar-refractivity contribution in [2.24, 2.45) is 0 Å². The molecule has 1 aliphatic rings. The molecule has 1 saturated carbocycles. The van der Waals surface area contributed by atoms with Crippen LogP contribution >= 0.6 is 11.8 Å². The first kappa shape index (κ1) is 32.8. The first-order valence-electron chi connectivity index (χ1n) is 14.9. The lowest BCUT2D eigenvalue weighted by Gasteiger charge is -2.23. The van der Waals surface area contributed by atoms with E-state index in [-0.39, 0.29) is 17.9 Å². The number of allylic oxidation sites excluding steroid dienone is 1. The van der Waals surface area contributed by atoms with Crippen LogP contribution in [-0.2, 0) is 4.74 Å². The summed E-state index contributed by atoms with van der Waals surface area (Å²) in [7, 11) is 0. The van der Waals surface area contributed by atoms with Crippen LogP contribution in [0, 0.1) is 27.7 Å². The molecule has 6 heteroatoms. The van der Waals surface area contributed by atoms with E-state index in [1.54, 1.807) is 12.2 Å². The van der Waals surface area contributed by atoms with E-state index >= 15 is 0 Å². The Bertz CT molecular complexity index is 1240. The topological polar surface area (TPSA) is 61.8 Å². The molecule has 41 heavy (non-hydrogen) atoms. The second kappa shape index (κ2) is 14.4. The van der Waals surface area contributed by atoms with Crippen LogP contribution in [0.2, 0.25) is 0 Å². The third-order valence-corrected chi connectivity index (χ3v) is 8.44. The molecular weight excluding hydrogens is 532 g/mol. The molecule has 0 saturated heterocycles. The number of benzene rings is 2. The molecule has 0 bridgehead atoms. The average molecular weight is 581 g/mol. The van der Waals surface area contributed by atoms with Crippen molar-refractivity contribution >= 4 is 29.6 Å². The van der Waals surface area contributed by atoms with Crippen LogP contribution in [0.25, 0.3) is 6.08 Å². The summed E-state index contributed by atoms with van der Waals surface area (Å²) < 4.78 is 18.0. The number of hydrogen-bond donors (Lipinski definition) is 0. The van der Waals surface area contributed by atoms with Crippen LogP contribution in [0.1, 0.15) is 115 Å². The van der Waals surface area contributed by atoms with E-state index in [0.717, 1.165) is 39.0 Å². The summed E-state index contributed by atoms with van der Waals surface area (Å²) in [6.45, 7) is 17.8. The fourth-order valence-electron chi connectivity index (χ4n) is 5.33. The maximum absolute atomic E-state index is 13.3. The largest absolute Gasteiger partial charge is 0.492 e. The van der Waals surface area contributed by atoms with Gasteiger partial charge in [0.15, 0.2) is 5.78 Å². The normalized spacial score (nSPS) is 14.5. The van der Waals surface area contributed by atoms with E-state index in [4.69, 9.17) is 14.2 Å². The van der Waals surface area contributed by atoms with Crippen LogP contribution in [0.3, 0.4) is 0 Å². The third-order valence-electron chi connectivity index (χ3n) is 7.10. The Morgan fingerprint density at radius 1 is 0.951 bits per heavy atom. The number of carbonyl (C=O) groups excluding carboxylic acids is 2. The molecule has 1 aliphatic carbocycles. The summed E-state index contributed by atoms with van der Waals surface area (Å²) in [5, 5.41) is 0.772. The number of thioether (sulfide) groups is 1. The van der Waals surface area contributed by atoms with Crippen molar-refractivity contribution in [1.29, 1.82) is 0 Å². The zero-order valence-electron chi connectivity index (χ0n) is 26.4. The summed E-state index contributed by atoms with van der Waals surface area (Å²) in [5.41, 5.74) is 4.65. The van der Waals surface area contributed by atoms with Gasteiger partial charge in [-0.1, -0.05) is 19.3 Å². The lowest BCUT2D eigenvalue weighted by atomic mass is 9.96. The van der Waals surface area contributed by atoms with Crippen LogP contribution in [0.4, 0.5) is 0 Å². The SMILES string of the molecule is Cc1cc(C(=O)C=Cc2cc(C)c(C(=O)OC(C)(C)C)c(C)c2OC(C)C)cc(C)c1OCCSC1CCCCC1. The van der Waals surface area contributed by atoms with Crippen molar-refractivity contribution < 1.29 is 23.8 Å². The summed E-state index contributed by atoms with van der Waals surface area (Å²) in [5.74, 6) is 1.95. The van der Waals surface area contributed by atoms with E-state index in [1.165, 1.54) is 32.1 Å². The standard InChI is InChI=1S/C35H48O5S/c1-22(2)39-33-26(6)31(34(37)40-35(7,8)9)23(3)19-27(33)15-16-30(36)28-20-24(4)32(25(5)21-28)38-17-18-41-29-13-11-10-12-14-29/h15-16,19-22,29H,10-14,17-18H2,1-9H3. The van der Waals surface area contributed by atoms with Crippen molar-refractivity contribution in [1.82, 2.24) is 0 Å². The van der Waals surface area contributed by atoms with Gasteiger partial charge in [-0.2, -0.15) is 11.8 Å². The van der Waals surface area contributed by atoms with Gasteiger partial charge in [-0.05, 0) is 122 Å². The molecule has 0 aliphatic heterocycles. The maximum Gasteiger partial charge on any atom is 0.339 e. The van der Waals surface area contributed by atoms with Gasteiger partial charge >= 0.3 is 5.97 Å². The van der Waals surface area contributed by atoms with Gasteiger partial charge in [-0.3, -0.25) is 4.79 Å². The van der Waals surface area contributed by atoms with Gasteiger partial charge in [0.25, 0.3) is 0 Å². The molecule has 3 rings (SSSR count). The van der Waals surface area contributed by atoms with Crippen molar-refractivity contribution in [2.45, 2.75) is 111 Å². The van der Waals surface area contributed by atoms with E-state index in [9.17, 15) is 9.59 Å². The highest BCUT2D eigenvalue weighted by atomic mass is 32.2. The van der Waals surface area contributed by atoms with Crippen LogP contribution < -0.4 is 9.47 Å². The smallest absolute Gasteiger partial charge is 0.339 e. The minimum atomic E-state index is -0.606. The highest BCUT2D eigenvalue weighted by Gasteiger charge is 2.25. The van der Waals surface area contributed by atoms with Gasteiger partial charge in [0.05, 0.1) is 18.3 Å². The Hall–Kier alpha value is -2.73. The number of esters is 1. The fourth-order valence-corrected chi connectivity index (χ4v) is 6.51. The maximum atomic E-state index is 13.3. The molecule has 0 heterocycles. The molecule has 2 aromatic carbocycles. The zero-order chi connectivity index (χ0) is 30.3. The van der Waals surface area contributed by atoms with Crippen molar-refractivity contribution in [3.8, 4) is 11.5 Å². The number of aryl methyl sites for hydroxylation is 3. The molecule has 0 radical (unpaired) electrons. The van der Waals surface area contributed by atoms with Crippen LogP contribution in [-0.4, -0.2) is 41.1 Å². The molecule has 0 aromatic heterocycles. The van der Waals surface area contributed by atoms with E-state index in [2.05, 4.69) is 0 Å². The van der Waals surface area contributed by atoms with Gasteiger partial charge in [0.1, 0.15) is 17.1 Å². The Morgan fingerprint density at radius 3 is 2.17 bits per heavy atom. The third kappa shape index (κ3) is 9.39. The van der Waals surface area contributed by atoms with Gasteiger partial charge < -0.3 is 14.2 Å². The highest BCUT2D eigenvalue weighted by molar-refractivity contribution is 7.99. The summed E-state index contributed by atoms with van der Waals surface area (Å²) in [6, 6.07) is 5.68. The average Bonchev–Trinajstić information content (AvgIpc) is 2.87. The highest BCUT2D eigenvalue weighted by Crippen LogP contribution is 2.33. The number of rotatable bonds is 11. The first-order valence-corrected chi connectivity index (χ1v) is 15.9. The predicted octanol–water partition coefficient (Wildman–Crippen LogP) is 9.00. The summed E-state index contributed by atoms with van der Waals surface area (Å²) in [6.07, 6.45) is 9.96. The number of ketones is 1. The lowest BCUT2D eigenvalue weighted by Crippen LogP contribution is -2.25. The Balaban J connectivity index is 1.77. The Labute approximate surface area is 251 Å². The predicted molar refractivity (Wildman–Crippen MR) is 171 cm³/mol. The second-order valence-electron chi connectivity index (χ2n) is 12.4. The molecule has 5 nitrogen and oxygen atoms in total. The number of hydrogen-bond acceptors (Lipinski definition) is 6. The monoisotopic (exact) mass is 580 g/mol. The summed E-state index contributed by atoms with van der Waals surface area (Å²) >= 11 is 2.03. The first-order chi connectivity index (χ1) is 19.3. The molecule has 0 amide bonds. The number of carbonyl (C=O) groups is 2. The van der Waals surface area contributed by atoms with Crippen LogP contribution in [0.5, 0.6) is 11.5 Å². The van der Waals surface area contributed by atoms with Crippen molar-refractivity contribution in [2.75, 3.05) is 12.4 Å². The fraction of sp³-hybridized carbons (Fsp3) is 0.543. The summed E-state index contributed by atoms with van der Waals surface area (Å²) in [4.78, 5) is 26.2. The van der Waals surface area contributed by atoms with Crippen molar-refractivity contribution in [3.05, 3.63) is 63.2 Å². The minimum absolute atomic E-state index is 0.0994. The van der Waals surface area contributed by atoms with Crippen molar-refractivity contribution in [3.63, 3.8) is 0 Å².